The van der Waals surface area contributed by atoms with Crippen molar-refractivity contribution >= 4 is 0 Å². The number of nitrogens with zero attached hydrogens (tertiary/aromatic N) is 1. The summed E-state index contributed by atoms with van der Waals surface area (Å²) >= 11 is 0. The van der Waals surface area contributed by atoms with E-state index in [1.807, 2.05) is 0 Å². The van der Waals surface area contributed by atoms with Gasteiger partial charge in [0.1, 0.15) is 0 Å². The molecule has 2 fully saturated rings. The maximum Gasteiger partial charge on any atom is 0.0360 e. The summed E-state index contributed by atoms with van der Waals surface area (Å²) in [6.07, 6.45) is 11.0. The second-order valence-corrected chi connectivity index (χ2v) is 8.15. The van der Waals surface area contributed by atoms with Gasteiger partial charge in [-0.05, 0) is 50.0 Å². The van der Waals surface area contributed by atoms with Crippen molar-refractivity contribution in [3.63, 3.8) is 0 Å². The minimum atomic E-state index is 0.270. The molecule has 2 aliphatic rings. The minimum Gasteiger partial charge on any atom is -0.329 e. The summed E-state index contributed by atoms with van der Waals surface area (Å²) in [6, 6.07) is 0.793. The molecule has 2 atom stereocenters. The highest BCUT2D eigenvalue weighted by atomic mass is 15.2. The van der Waals surface area contributed by atoms with Crippen LogP contribution in [-0.4, -0.2) is 29.6 Å². The van der Waals surface area contributed by atoms with Crippen LogP contribution in [0.3, 0.4) is 0 Å². The van der Waals surface area contributed by atoms with Gasteiger partial charge in [-0.3, -0.25) is 4.90 Å². The summed E-state index contributed by atoms with van der Waals surface area (Å²) in [6.45, 7) is 11.7. The highest BCUT2D eigenvalue weighted by Crippen LogP contribution is 2.47. The molecule has 0 aromatic rings. The molecular formula is C18H36N2. The fraction of sp³-hybridized carbons (Fsp3) is 1.00. The number of nitrogens with two attached hydrogens (primary N) is 1. The van der Waals surface area contributed by atoms with Gasteiger partial charge in [-0.15, -0.1) is 0 Å². The first-order valence-corrected chi connectivity index (χ1v) is 8.92. The second kappa shape index (κ2) is 6.36. The Hall–Kier alpha value is -0.0800. The Bertz CT molecular complexity index is 307. The monoisotopic (exact) mass is 280 g/mol. The summed E-state index contributed by atoms with van der Waals surface area (Å²) in [5, 5.41) is 0. The van der Waals surface area contributed by atoms with Crippen molar-refractivity contribution in [2.75, 3.05) is 13.1 Å². The van der Waals surface area contributed by atoms with Gasteiger partial charge in [0.25, 0.3) is 0 Å². The first kappa shape index (κ1) is 16.3. The molecule has 2 saturated carbocycles. The Balaban J connectivity index is 2.19. The fourth-order valence-electron chi connectivity index (χ4n) is 5.10. The molecular weight excluding hydrogens is 244 g/mol. The van der Waals surface area contributed by atoms with Crippen LogP contribution in [0.15, 0.2) is 0 Å². The number of likely N-dealkylation sites (N-methyl/N-ethyl adjacent to an activating group) is 1. The Kier molecular flexibility index (Phi) is 5.18. The molecule has 2 unspecified atom stereocenters. The normalized spacial score (nSPS) is 35.4. The van der Waals surface area contributed by atoms with Crippen molar-refractivity contribution < 1.29 is 0 Å². The second-order valence-electron chi connectivity index (χ2n) is 8.15. The lowest BCUT2D eigenvalue weighted by molar-refractivity contribution is -0.0514. The van der Waals surface area contributed by atoms with Crippen LogP contribution < -0.4 is 5.73 Å². The average Bonchev–Trinajstić information content (AvgIpc) is 2.43. The molecule has 0 aromatic heterocycles. The summed E-state index contributed by atoms with van der Waals surface area (Å²) in [5.74, 6) is 0.720. The predicted molar refractivity (Wildman–Crippen MR) is 87.8 cm³/mol. The lowest BCUT2D eigenvalue weighted by Gasteiger charge is -2.56. The lowest BCUT2D eigenvalue weighted by Crippen LogP contribution is -2.63. The van der Waals surface area contributed by atoms with E-state index in [0.29, 0.717) is 5.41 Å². The molecule has 0 heterocycles. The molecule has 2 aliphatic carbocycles. The van der Waals surface area contributed by atoms with E-state index in [-0.39, 0.29) is 5.54 Å². The zero-order valence-electron chi connectivity index (χ0n) is 14.3. The Labute approximate surface area is 126 Å². The van der Waals surface area contributed by atoms with Crippen molar-refractivity contribution in [3.8, 4) is 0 Å². The van der Waals surface area contributed by atoms with Gasteiger partial charge in [0.15, 0.2) is 0 Å². The van der Waals surface area contributed by atoms with E-state index in [1.54, 1.807) is 0 Å². The van der Waals surface area contributed by atoms with Crippen molar-refractivity contribution in [1.29, 1.82) is 0 Å². The van der Waals surface area contributed by atoms with Crippen LogP contribution in [-0.2, 0) is 0 Å². The van der Waals surface area contributed by atoms with Gasteiger partial charge < -0.3 is 5.73 Å². The third-order valence-electron chi connectivity index (χ3n) is 6.29. The van der Waals surface area contributed by atoms with Gasteiger partial charge in [0, 0.05) is 18.1 Å². The smallest absolute Gasteiger partial charge is 0.0360 e. The molecule has 2 N–H and O–H groups in total. The SMILES string of the molecule is CCN(C1CCCCC1)C1(CN)CCC(C)(C)CC1C. The van der Waals surface area contributed by atoms with Gasteiger partial charge in [-0.25, -0.2) is 0 Å². The Morgan fingerprint density at radius 1 is 1.10 bits per heavy atom. The quantitative estimate of drug-likeness (QED) is 0.837. The molecule has 0 aromatic carbocycles. The third-order valence-corrected chi connectivity index (χ3v) is 6.29. The van der Waals surface area contributed by atoms with E-state index in [4.69, 9.17) is 5.73 Å². The molecule has 0 spiro atoms. The zero-order valence-corrected chi connectivity index (χ0v) is 14.3. The first-order valence-electron chi connectivity index (χ1n) is 8.92. The van der Waals surface area contributed by atoms with Gasteiger partial charge >= 0.3 is 0 Å². The highest BCUT2D eigenvalue weighted by molar-refractivity contribution is 5.03. The minimum absolute atomic E-state index is 0.270. The van der Waals surface area contributed by atoms with Crippen LogP contribution in [0.5, 0.6) is 0 Å². The molecule has 2 heteroatoms. The standard InChI is InChI=1S/C18H36N2/c1-5-20(16-9-7-6-8-10-16)18(14-19)12-11-17(3,4)13-15(18)2/h15-16H,5-14,19H2,1-4H3. The highest BCUT2D eigenvalue weighted by Gasteiger charge is 2.47. The topological polar surface area (TPSA) is 29.3 Å². The van der Waals surface area contributed by atoms with Crippen LogP contribution in [0, 0.1) is 11.3 Å². The summed E-state index contributed by atoms with van der Waals surface area (Å²) in [7, 11) is 0. The molecule has 0 bridgehead atoms. The van der Waals surface area contributed by atoms with Crippen molar-refractivity contribution in [2.45, 2.75) is 90.6 Å². The van der Waals surface area contributed by atoms with E-state index < -0.39 is 0 Å². The van der Waals surface area contributed by atoms with Gasteiger partial charge in [0.05, 0.1) is 0 Å². The zero-order chi connectivity index (χ0) is 14.8. The molecule has 2 nitrogen and oxygen atoms in total. The van der Waals surface area contributed by atoms with E-state index in [2.05, 4.69) is 32.6 Å². The van der Waals surface area contributed by atoms with Crippen LogP contribution in [0.25, 0.3) is 0 Å². The van der Waals surface area contributed by atoms with E-state index >= 15 is 0 Å². The summed E-state index contributed by atoms with van der Waals surface area (Å²) in [5.41, 5.74) is 7.13. The van der Waals surface area contributed by atoms with Crippen LogP contribution in [0.1, 0.15) is 79.1 Å². The first-order chi connectivity index (χ1) is 9.45. The van der Waals surface area contributed by atoms with Crippen molar-refractivity contribution in [1.82, 2.24) is 4.90 Å². The van der Waals surface area contributed by atoms with E-state index in [9.17, 15) is 0 Å². The Morgan fingerprint density at radius 2 is 1.75 bits per heavy atom. The number of rotatable bonds is 4. The lowest BCUT2D eigenvalue weighted by atomic mass is 9.62. The van der Waals surface area contributed by atoms with Gasteiger partial charge in [-0.2, -0.15) is 0 Å². The molecule has 118 valence electrons. The van der Waals surface area contributed by atoms with E-state index in [0.717, 1.165) is 18.5 Å². The largest absolute Gasteiger partial charge is 0.329 e. The van der Waals surface area contributed by atoms with Crippen LogP contribution in [0.4, 0.5) is 0 Å². The van der Waals surface area contributed by atoms with Crippen LogP contribution >= 0.6 is 0 Å². The molecule has 20 heavy (non-hydrogen) atoms. The third kappa shape index (κ3) is 3.06. The Morgan fingerprint density at radius 3 is 2.25 bits per heavy atom. The summed E-state index contributed by atoms with van der Waals surface area (Å²) in [4.78, 5) is 2.83. The maximum absolute atomic E-state index is 6.36. The van der Waals surface area contributed by atoms with Crippen LogP contribution in [0.2, 0.25) is 0 Å². The van der Waals surface area contributed by atoms with Gasteiger partial charge in [0.2, 0.25) is 0 Å². The van der Waals surface area contributed by atoms with Crippen molar-refractivity contribution in [2.24, 2.45) is 17.1 Å². The predicted octanol–water partition coefficient (Wildman–Crippen LogP) is 4.18. The number of hydrogen-bond acceptors (Lipinski definition) is 2. The maximum atomic E-state index is 6.36. The summed E-state index contributed by atoms with van der Waals surface area (Å²) < 4.78 is 0. The van der Waals surface area contributed by atoms with Gasteiger partial charge in [-0.1, -0.05) is 47.0 Å². The molecule has 2 rings (SSSR count). The fourth-order valence-corrected chi connectivity index (χ4v) is 5.10. The molecule has 0 amide bonds. The molecule has 0 saturated heterocycles. The number of hydrogen-bond donors (Lipinski definition) is 1. The molecule has 0 aliphatic heterocycles. The van der Waals surface area contributed by atoms with Crippen molar-refractivity contribution in [3.05, 3.63) is 0 Å². The average molecular weight is 280 g/mol. The molecule has 0 radical (unpaired) electrons. The van der Waals surface area contributed by atoms with E-state index in [1.165, 1.54) is 57.9 Å².